The second kappa shape index (κ2) is 11.9. The highest BCUT2D eigenvalue weighted by atomic mass is 35.5. The first-order valence-electron chi connectivity index (χ1n) is 11.3. The van der Waals surface area contributed by atoms with Crippen molar-refractivity contribution in [3.05, 3.63) is 87.4 Å². The Hall–Kier alpha value is -2.84. The molecule has 0 fully saturated rings. The summed E-state index contributed by atoms with van der Waals surface area (Å²) in [5, 5.41) is 22.3. The fraction of sp³-hybridized carbons (Fsp3) is 0.231. The second-order valence-corrected chi connectivity index (χ2v) is 15.0. The smallest absolute Gasteiger partial charge is 0.326 e. The quantitative estimate of drug-likeness (QED) is 0.295. The molecule has 0 aliphatic carbocycles. The molecule has 0 aliphatic rings. The molecule has 0 radical (unpaired) electrons. The summed E-state index contributed by atoms with van der Waals surface area (Å²) in [6.07, 6.45) is 1.47. The van der Waals surface area contributed by atoms with Crippen LogP contribution in [0.2, 0.25) is 10.0 Å². The maximum atomic E-state index is 13.2. The van der Waals surface area contributed by atoms with E-state index >= 15 is 0 Å². The van der Waals surface area contributed by atoms with E-state index in [4.69, 9.17) is 23.2 Å². The molecule has 0 heterocycles. The monoisotopic (exact) mass is 597 g/mol. The SMILES string of the molecule is C[P@](=O)(CCc1cc(Cl)c(C(=O)N[C@@H](Cc2cccc(S(C)(=O)=O)c2)C(=O)O)c(Cl)c1)c1cccc(O)c1. The number of carbonyl (C=O) groups is 2. The van der Waals surface area contributed by atoms with Gasteiger partial charge in [-0.2, -0.15) is 0 Å². The molecule has 0 saturated carbocycles. The van der Waals surface area contributed by atoms with E-state index in [2.05, 4.69) is 5.32 Å². The number of sulfone groups is 1. The summed E-state index contributed by atoms with van der Waals surface area (Å²) in [5.41, 5.74) is 0.927. The highest BCUT2D eigenvalue weighted by Crippen LogP contribution is 2.41. The Balaban J connectivity index is 1.76. The summed E-state index contributed by atoms with van der Waals surface area (Å²) in [7, 11) is -6.30. The number of phenols is 1. The molecule has 38 heavy (non-hydrogen) atoms. The van der Waals surface area contributed by atoms with Gasteiger partial charge in [0.25, 0.3) is 5.91 Å². The van der Waals surface area contributed by atoms with Crippen LogP contribution in [-0.4, -0.2) is 55.6 Å². The van der Waals surface area contributed by atoms with E-state index < -0.39 is 34.9 Å². The predicted molar refractivity (Wildman–Crippen MR) is 148 cm³/mol. The number of phenolic OH excluding ortho intramolecular Hbond substituents is 1. The van der Waals surface area contributed by atoms with Crippen molar-refractivity contribution in [3.63, 3.8) is 0 Å². The van der Waals surface area contributed by atoms with Crippen molar-refractivity contribution in [1.29, 1.82) is 0 Å². The number of amides is 1. The van der Waals surface area contributed by atoms with E-state index in [0.29, 0.717) is 22.9 Å². The molecule has 3 rings (SSSR count). The van der Waals surface area contributed by atoms with Crippen LogP contribution < -0.4 is 10.6 Å². The van der Waals surface area contributed by atoms with Crippen LogP contribution >= 0.6 is 30.3 Å². The number of aliphatic carboxylic acids is 1. The largest absolute Gasteiger partial charge is 0.508 e. The molecule has 3 aromatic rings. The first-order valence-corrected chi connectivity index (χ1v) is 16.3. The van der Waals surface area contributed by atoms with Gasteiger partial charge in [-0.05, 0) is 60.6 Å². The Morgan fingerprint density at radius 3 is 2.21 bits per heavy atom. The normalized spacial score (nSPS) is 13.9. The number of hydrogen-bond donors (Lipinski definition) is 3. The third kappa shape index (κ3) is 7.60. The number of aryl methyl sites for hydroxylation is 1. The van der Waals surface area contributed by atoms with Crippen LogP contribution in [-0.2, 0) is 32.0 Å². The van der Waals surface area contributed by atoms with Gasteiger partial charge in [-0.3, -0.25) is 4.79 Å². The summed E-state index contributed by atoms with van der Waals surface area (Å²) < 4.78 is 36.8. The molecule has 0 bridgehead atoms. The molecule has 0 aliphatic heterocycles. The second-order valence-electron chi connectivity index (χ2n) is 9.02. The van der Waals surface area contributed by atoms with Gasteiger partial charge >= 0.3 is 5.97 Å². The maximum Gasteiger partial charge on any atom is 0.326 e. The lowest BCUT2D eigenvalue weighted by atomic mass is 10.0. The van der Waals surface area contributed by atoms with E-state index in [1.165, 1.54) is 42.5 Å². The fourth-order valence-electron chi connectivity index (χ4n) is 3.81. The number of nitrogens with one attached hydrogen (secondary N) is 1. The van der Waals surface area contributed by atoms with Gasteiger partial charge in [0.05, 0.1) is 20.5 Å². The zero-order valence-corrected chi connectivity index (χ0v) is 23.7. The predicted octanol–water partition coefficient (Wildman–Crippen LogP) is 4.39. The standard InChI is InChI=1S/C26H26Cl2NO7PS/c1-37(34,19-7-4-6-18(30)15-19)10-9-17-12-21(27)24(22(28)13-17)25(31)29-23(26(32)33)14-16-5-3-8-20(11-16)38(2,35)36/h3-8,11-13,15,23,30H,9-10,14H2,1-2H3,(H,29,31)(H,32,33)/t23-,37-/m0/s1. The third-order valence-corrected chi connectivity index (χ3v) is 10.1. The third-order valence-electron chi connectivity index (χ3n) is 5.90. The fourth-order valence-corrected chi connectivity index (χ4v) is 6.96. The van der Waals surface area contributed by atoms with Crippen LogP contribution in [0.25, 0.3) is 0 Å². The van der Waals surface area contributed by atoms with Crippen LogP contribution in [0.3, 0.4) is 0 Å². The van der Waals surface area contributed by atoms with E-state index in [0.717, 1.165) is 6.26 Å². The van der Waals surface area contributed by atoms with Gasteiger partial charge < -0.3 is 20.1 Å². The number of benzene rings is 3. The lowest BCUT2D eigenvalue weighted by Gasteiger charge is -2.17. The average Bonchev–Trinajstić information content (AvgIpc) is 2.81. The minimum atomic E-state index is -3.49. The Bertz CT molecular complexity index is 1520. The number of aromatic hydroxyl groups is 1. The first kappa shape index (κ1) is 29.7. The number of carbonyl (C=O) groups excluding carboxylic acids is 1. The number of carboxylic acid groups (broad SMARTS) is 1. The summed E-state index contributed by atoms with van der Waals surface area (Å²) >= 11 is 12.7. The van der Waals surface area contributed by atoms with Gasteiger partial charge in [0, 0.05) is 24.1 Å². The molecule has 0 saturated heterocycles. The maximum absolute atomic E-state index is 13.2. The Morgan fingerprint density at radius 1 is 1.00 bits per heavy atom. The van der Waals surface area contributed by atoms with Gasteiger partial charge in [-0.15, -0.1) is 0 Å². The summed E-state index contributed by atoms with van der Waals surface area (Å²) in [6.45, 7) is 1.62. The van der Waals surface area contributed by atoms with Crippen LogP contribution in [0.1, 0.15) is 21.5 Å². The molecule has 2 atom stereocenters. The molecule has 0 spiro atoms. The number of hydrogen-bond acceptors (Lipinski definition) is 6. The number of rotatable bonds is 10. The molecule has 202 valence electrons. The zero-order chi connectivity index (χ0) is 28.3. The van der Waals surface area contributed by atoms with Crippen LogP contribution in [0, 0.1) is 0 Å². The van der Waals surface area contributed by atoms with Crippen molar-refractivity contribution in [2.24, 2.45) is 0 Å². The van der Waals surface area contributed by atoms with Crippen molar-refractivity contribution >= 4 is 57.4 Å². The summed E-state index contributed by atoms with van der Waals surface area (Å²) in [5.74, 6) is -2.11. The highest BCUT2D eigenvalue weighted by molar-refractivity contribution is 7.90. The van der Waals surface area contributed by atoms with Gasteiger partial charge in [-0.25, -0.2) is 13.2 Å². The van der Waals surface area contributed by atoms with Crippen molar-refractivity contribution in [1.82, 2.24) is 5.32 Å². The molecule has 1 amide bonds. The molecule has 12 heteroatoms. The minimum Gasteiger partial charge on any atom is -0.508 e. The van der Waals surface area contributed by atoms with E-state index in [9.17, 15) is 32.8 Å². The molecule has 3 aromatic carbocycles. The summed E-state index contributed by atoms with van der Waals surface area (Å²) in [6, 6.07) is 13.7. The topological polar surface area (TPSA) is 138 Å². The molecular weight excluding hydrogens is 572 g/mol. The molecule has 0 unspecified atom stereocenters. The Labute approximate surface area is 230 Å². The van der Waals surface area contributed by atoms with Crippen LogP contribution in [0.4, 0.5) is 0 Å². The van der Waals surface area contributed by atoms with Crippen molar-refractivity contribution in [3.8, 4) is 5.75 Å². The molecule has 3 N–H and O–H groups in total. The van der Waals surface area contributed by atoms with Crippen molar-refractivity contribution < 1.29 is 32.8 Å². The lowest BCUT2D eigenvalue weighted by Crippen LogP contribution is -2.42. The van der Waals surface area contributed by atoms with Crippen LogP contribution in [0.15, 0.2) is 65.6 Å². The van der Waals surface area contributed by atoms with E-state index in [1.54, 1.807) is 24.9 Å². The zero-order valence-electron chi connectivity index (χ0n) is 20.5. The average molecular weight is 598 g/mol. The van der Waals surface area contributed by atoms with Gasteiger partial charge in [-0.1, -0.05) is 47.5 Å². The first-order chi connectivity index (χ1) is 17.7. The van der Waals surface area contributed by atoms with E-state index in [1.807, 2.05) is 0 Å². The Kier molecular flexibility index (Phi) is 9.31. The summed E-state index contributed by atoms with van der Waals surface area (Å²) in [4.78, 5) is 24.8. The molecular formula is C26H26Cl2NO7PS. The van der Waals surface area contributed by atoms with Gasteiger partial charge in [0.15, 0.2) is 9.84 Å². The van der Waals surface area contributed by atoms with Crippen LogP contribution in [0.5, 0.6) is 5.75 Å². The van der Waals surface area contributed by atoms with Crippen molar-refractivity contribution in [2.75, 3.05) is 19.1 Å². The Morgan fingerprint density at radius 2 is 1.63 bits per heavy atom. The van der Waals surface area contributed by atoms with Gasteiger partial charge in [0.1, 0.15) is 18.9 Å². The lowest BCUT2D eigenvalue weighted by molar-refractivity contribution is -0.139. The van der Waals surface area contributed by atoms with Crippen molar-refractivity contribution in [2.45, 2.75) is 23.8 Å². The van der Waals surface area contributed by atoms with Gasteiger partial charge in [0.2, 0.25) is 0 Å². The van der Waals surface area contributed by atoms with E-state index in [-0.39, 0.29) is 38.8 Å². The number of halogens is 2. The molecule has 8 nitrogen and oxygen atoms in total. The number of carboxylic acids is 1. The molecule has 0 aromatic heterocycles. The highest BCUT2D eigenvalue weighted by Gasteiger charge is 2.25. The minimum absolute atomic E-state index is 0.00324.